The molecule has 4 rings (SSSR count). The predicted molar refractivity (Wildman–Crippen MR) is 130 cm³/mol. The van der Waals surface area contributed by atoms with Crippen LogP contribution in [0.15, 0.2) is 96.6 Å². The molecule has 0 N–H and O–H groups in total. The Hall–Kier alpha value is -2.38. The van der Waals surface area contributed by atoms with Gasteiger partial charge < -0.3 is 0 Å². The van der Waals surface area contributed by atoms with E-state index in [1.165, 1.54) is 24.4 Å². The molecule has 0 nitrogen and oxygen atoms in total. The number of hydrogen-bond donors (Lipinski definition) is 0. The highest BCUT2D eigenvalue weighted by molar-refractivity contribution is 7.04. The Balaban J connectivity index is 1.90. The second kappa shape index (κ2) is 8.16. The first-order valence-electron chi connectivity index (χ1n) is 10.9. The molecule has 1 fully saturated rings. The average molecular weight is 397 g/mol. The maximum absolute atomic E-state index is 2.50. The molecule has 1 atom stereocenters. The number of allylic oxidation sites excluding steroid dienone is 1. The van der Waals surface area contributed by atoms with Gasteiger partial charge in [-0.1, -0.05) is 134 Å². The SMILES string of the molecule is CC(C)(C)CC1/C(=C\c2ccccc2)CC[Si]1(c1ccccc1)c1ccccc1. The smallest absolute Gasteiger partial charge is 0.0688 e. The summed E-state index contributed by atoms with van der Waals surface area (Å²) in [5.74, 6) is 0. The van der Waals surface area contributed by atoms with Crippen LogP contribution in [0.2, 0.25) is 11.6 Å². The van der Waals surface area contributed by atoms with Gasteiger partial charge in [0.2, 0.25) is 0 Å². The number of rotatable bonds is 4. The number of hydrogen-bond acceptors (Lipinski definition) is 0. The largest absolute Gasteiger partial charge is 0.125 e. The number of benzene rings is 3. The van der Waals surface area contributed by atoms with Gasteiger partial charge in [-0.15, -0.1) is 0 Å². The minimum absolute atomic E-state index is 0.298. The van der Waals surface area contributed by atoms with Crippen LogP contribution in [-0.4, -0.2) is 8.07 Å². The lowest BCUT2D eigenvalue weighted by atomic mass is 9.87. The monoisotopic (exact) mass is 396 g/mol. The predicted octanol–water partition coefficient (Wildman–Crippen LogP) is 6.54. The molecule has 0 bridgehead atoms. The molecule has 148 valence electrons. The molecule has 0 spiro atoms. The highest BCUT2D eigenvalue weighted by atomic mass is 28.3. The minimum Gasteiger partial charge on any atom is -0.0688 e. The normalized spacial score (nSPS) is 20.1. The van der Waals surface area contributed by atoms with Gasteiger partial charge in [-0.3, -0.25) is 0 Å². The molecular weight excluding hydrogens is 364 g/mol. The second-order valence-corrected chi connectivity index (χ2v) is 13.9. The molecule has 0 radical (unpaired) electrons. The summed E-state index contributed by atoms with van der Waals surface area (Å²) in [6.07, 6.45) is 4.95. The van der Waals surface area contributed by atoms with Gasteiger partial charge in [0.25, 0.3) is 0 Å². The quantitative estimate of drug-likeness (QED) is 0.439. The Morgan fingerprint density at radius 2 is 1.24 bits per heavy atom. The van der Waals surface area contributed by atoms with Crippen molar-refractivity contribution in [3.63, 3.8) is 0 Å². The molecule has 3 aromatic rings. The maximum Gasteiger partial charge on any atom is 0.125 e. The van der Waals surface area contributed by atoms with Crippen LogP contribution in [0.4, 0.5) is 0 Å². The topological polar surface area (TPSA) is 0 Å². The molecule has 1 heteroatoms. The van der Waals surface area contributed by atoms with Crippen LogP contribution in [0.25, 0.3) is 6.08 Å². The van der Waals surface area contributed by atoms with E-state index in [1.54, 1.807) is 15.9 Å². The van der Waals surface area contributed by atoms with E-state index in [2.05, 4.69) is 118 Å². The van der Waals surface area contributed by atoms with Crippen molar-refractivity contribution >= 4 is 24.5 Å². The molecule has 29 heavy (non-hydrogen) atoms. The molecule has 0 amide bonds. The summed E-state index contributed by atoms with van der Waals surface area (Å²) >= 11 is 0. The fourth-order valence-corrected chi connectivity index (χ4v) is 11.3. The Kier molecular flexibility index (Phi) is 5.60. The summed E-state index contributed by atoms with van der Waals surface area (Å²) < 4.78 is 0. The zero-order chi connectivity index (χ0) is 20.3. The first-order valence-corrected chi connectivity index (χ1v) is 13.1. The molecule has 1 heterocycles. The Morgan fingerprint density at radius 1 is 0.759 bits per heavy atom. The summed E-state index contributed by atoms with van der Waals surface area (Å²) in [5.41, 5.74) is 3.93. The van der Waals surface area contributed by atoms with Crippen LogP contribution in [0, 0.1) is 5.41 Å². The first-order chi connectivity index (χ1) is 14.0. The molecule has 1 saturated heterocycles. The van der Waals surface area contributed by atoms with Crippen molar-refractivity contribution < 1.29 is 0 Å². The second-order valence-electron chi connectivity index (χ2n) is 9.65. The van der Waals surface area contributed by atoms with Gasteiger partial charge in [-0.25, -0.2) is 0 Å². The van der Waals surface area contributed by atoms with Crippen molar-refractivity contribution in [3.8, 4) is 0 Å². The fraction of sp³-hybridized carbons (Fsp3) is 0.286. The van der Waals surface area contributed by atoms with Crippen molar-refractivity contribution in [1.82, 2.24) is 0 Å². The van der Waals surface area contributed by atoms with E-state index in [0.29, 0.717) is 11.0 Å². The minimum atomic E-state index is -1.91. The lowest BCUT2D eigenvalue weighted by Crippen LogP contribution is -2.59. The molecule has 1 unspecified atom stereocenters. The van der Waals surface area contributed by atoms with Crippen molar-refractivity contribution in [3.05, 3.63) is 102 Å². The van der Waals surface area contributed by atoms with Crippen molar-refractivity contribution in [2.75, 3.05) is 0 Å². The lowest BCUT2D eigenvalue weighted by molar-refractivity contribution is 0.377. The van der Waals surface area contributed by atoms with Crippen LogP contribution >= 0.6 is 0 Å². The van der Waals surface area contributed by atoms with Crippen LogP contribution in [0.1, 0.15) is 39.2 Å². The standard InChI is InChI=1S/C28H32Si/c1-28(2,3)22-27-24(21-23-13-7-4-8-14-23)19-20-29(27,25-15-9-5-10-16-25)26-17-11-6-12-18-26/h4-18,21,27H,19-20,22H2,1-3H3/b24-21-. The first kappa shape index (κ1) is 19.9. The van der Waals surface area contributed by atoms with E-state index in [0.717, 1.165) is 0 Å². The average Bonchev–Trinajstić information content (AvgIpc) is 3.07. The highest BCUT2D eigenvalue weighted by Crippen LogP contribution is 2.49. The van der Waals surface area contributed by atoms with Gasteiger partial charge in [0.15, 0.2) is 0 Å². The summed E-state index contributed by atoms with van der Waals surface area (Å²) in [6, 6.07) is 35.1. The van der Waals surface area contributed by atoms with Crippen molar-refractivity contribution in [2.45, 2.75) is 45.2 Å². The third-order valence-corrected chi connectivity index (χ3v) is 11.9. The van der Waals surface area contributed by atoms with Crippen LogP contribution < -0.4 is 10.4 Å². The van der Waals surface area contributed by atoms with Crippen LogP contribution in [0.5, 0.6) is 0 Å². The highest BCUT2D eigenvalue weighted by Gasteiger charge is 2.50. The van der Waals surface area contributed by atoms with Crippen molar-refractivity contribution in [2.24, 2.45) is 5.41 Å². The third kappa shape index (κ3) is 4.16. The van der Waals surface area contributed by atoms with Gasteiger partial charge in [-0.2, -0.15) is 0 Å². The van der Waals surface area contributed by atoms with Crippen molar-refractivity contribution in [1.29, 1.82) is 0 Å². The molecule has 0 aromatic heterocycles. The van der Waals surface area contributed by atoms with E-state index in [9.17, 15) is 0 Å². The Morgan fingerprint density at radius 3 is 1.72 bits per heavy atom. The summed E-state index contributed by atoms with van der Waals surface area (Å²) in [6.45, 7) is 7.21. The van der Waals surface area contributed by atoms with Gasteiger partial charge in [0.05, 0.1) is 0 Å². The van der Waals surface area contributed by atoms with E-state index < -0.39 is 8.07 Å². The van der Waals surface area contributed by atoms with Crippen LogP contribution in [0.3, 0.4) is 0 Å². The van der Waals surface area contributed by atoms with Crippen LogP contribution in [-0.2, 0) is 0 Å². The molecule has 1 aliphatic rings. The summed E-state index contributed by atoms with van der Waals surface area (Å²) in [4.78, 5) is 0. The zero-order valence-corrected chi connectivity index (χ0v) is 18.9. The Labute approximate surface area is 177 Å². The van der Waals surface area contributed by atoms with E-state index in [-0.39, 0.29) is 0 Å². The summed E-state index contributed by atoms with van der Waals surface area (Å²) in [5, 5.41) is 3.19. The third-order valence-electron chi connectivity index (χ3n) is 6.40. The van der Waals surface area contributed by atoms with E-state index >= 15 is 0 Å². The van der Waals surface area contributed by atoms with Gasteiger partial charge in [0, 0.05) is 0 Å². The van der Waals surface area contributed by atoms with Gasteiger partial charge >= 0.3 is 0 Å². The zero-order valence-electron chi connectivity index (χ0n) is 17.9. The molecule has 0 saturated carbocycles. The molecule has 0 aliphatic carbocycles. The maximum atomic E-state index is 2.50. The molecular formula is C28H32Si. The van der Waals surface area contributed by atoms with E-state index in [1.807, 2.05) is 0 Å². The molecule has 3 aromatic carbocycles. The lowest BCUT2D eigenvalue weighted by Gasteiger charge is -2.38. The molecule has 1 aliphatic heterocycles. The van der Waals surface area contributed by atoms with Gasteiger partial charge in [0.1, 0.15) is 8.07 Å². The van der Waals surface area contributed by atoms with Gasteiger partial charge in [-0.05, 0) is 35.4 Å². The fourth-order valence-electron chi connectivity index (χ4n) is 5.19. The summed E-state index contributed by atoms with van der Waals surface area (Å²) in [7, 11) is -1.91. The Bertz CT molecular complexity index is 910. The van der Waals surface area contributed by atoms with E-state index in [4.69, 9.17) is 0 Å².